The zero-order valence-electron chi connectivity index (χ0n) is 21.5. The number of unbranched alkanes of at least 4 members (excludes halogenated alkanes) is 11. The molecule has 35 heavy (non-hydrogen) atoms. The van der Waals surface area contributed by atoms with Gasteiger partial charge in [0, 0.05) is 12.8 Å². The predicted molar refractivity (Wildman–Crippen MR) is 136 cm³/mol. The SMILES string of the molecule is CCCCCCCC/C=C\CCCCCCCC(=O)O.O=C1CCC(C(=O)O)N1.OCC(O)CO. The third-order valence-corrected chi connectivity index (χ3v) is 5.37. The number of aliphatic carboxylic acids is 2. The fraction of sp³-hybridized carbons (Fsp3) is 0.808. The number of rotatable bonds is 18. The van der Waals surface area contributed by atoms with Crippen LogP contribution in [0.2, 0.25) is 0 Å². The number of aliphatic hydroxyl groups is 3. The number of carbonyl (C=O) groups is 3. The second-order valence-electron chi connectivity index (χ2n) is 8.74. The molecule has 0 aromatic heterocycles. The highest BCUT2D eigenvalue weighted by molar-refractivity contribution is 5.87. The van der Waals surface area contributed by atoms with Crippen molar-refractivity contribution in [2.45, 2.75) is 122 Å². The molecule has 0 radical (unpaired) electrons. The monoisotopic (exact) mass is 503 g/mol. The van der Waals surface area contributed by atoms with Gasteiger partial charge in [-0.2, -0.15) is 0 Å². The Bertz CT molecular complexity index is 549. The molecule has 1 aliphatic heterocycles. The average Bonchev–Trinajstić information content (AvgIpc) is 3.28. The second kappa shape index (κ2) is 26.6. The van der Waals surface area contributed by atoms with Crippen molar-refractivity contribution >= 4 is 17.8 Å². The molecule has 1 amide bonds. The predicted octanol–water partition coefficient (Wildman–Crippen LogP) is 3.79. The van der Waals surface area contributed by atoms with Crippen molar-refractivity contribution in [3.63, 3.8) is 0 Å². The topological polar surface area (TPSA) is 164 Å². The maximum atomic E-state index is 10.4. The van der Waals surface area contributed by atoms with Gasteiger partial charge in [-0.05, 0) is 38.5 Å². The lowest BCUT2D eigenvalue weighted by Crippen LogP contribution is -2.32. The molecule has 1 aliphatic rings. The lowest BCUT2D eigenvalue weighted by Gasteiger charge is -1.99. The van der Waals surface area contributed by atoms with Crippen LogP contribution < -0.4 is 5.32 Å². The van der Waals surface area contributed by atoms with E-state index in [1.54, 1.807) is 0 Å². The summed E-state index contributed by atoms with van der Waals surface area (Å²) in [6.45, 7) is 1.53. The summed E-state index contributed by atoms with van der Waals surface area (Å²) in [5.74, 6) is -1.77. The fourth-order valence-electron chi connectivity index (χ4n) is 3.20. The van der Waals surface area contributed by atoms with Crippen LogP contribution in [-0.2, 0) is 14.4 Å². The Balaban J connectivity index is 0. The van der Waals surface area contributed by atoms with Crippen LogP contribution in [-0.4, -0.2) is 68.7 Å². The Morgan fingerprint density at radius 1 is 0.886 bits per heavy atom. The molecule has 0 spiro atoms. The quantitative estimate of drug-likeness (QED) is 0.121. The van der Waals surface area contributed by atoms with Gasteiger partial charge >= 0.3 is 11.9 Å². The molecule has 1 atom stereocenters. The van der Waals surface area contributed by atoms with Gasteiger partial charge in [-0.3, -0.25) is 9.59 Å². The van der Waals surface area contributed by atoms with Crippen LogP contribution in [0.4, 0.5) is 0 Å². The molecular weight excluding hydrogens is 454 g/mol. The number of amides is 1. The van der Waals surface area contributed by atoms with Gasteiger partial charge in [0.05, 0.1) is 13.2 Å². The molecule has 206 valence electrons. The van der Waals surface area contributed by atoms with E-state index >= 15 is 0 Å². The van der Waals surface area contributed by atoms with Gasteiger partial charge in [-0.25, -0.2) is 4.79 Å². The molecule has 9 heteroatoms. The lowest BCUT2D eigenvalue weighted by molar-refractivity contribution is -0.140. The van der Waals surface area contributed by atoms with Gasteiger partial charge in [0.1, 0.15) is 12.1 Å². The van der Waals surface area contributed by atoms with E-state index in [1.807, 2.05) is 0 Å². The first-order chi connectivity index (χ1) is 16.8. The van der Waals surface area contributed by atoms with Crippen molar-refractivity contribution in [3.8, 4) is 0 Å². The Kier molecular flexibility index (Phi) is 26.8. The van der Waals surface area contributed by atoms with Crippen LogP contribution in [0, 0.1) is 0 Å². The van der Waals surface area contributed by atoms with E-state index in [-0.39, 0.29) is 19.1 Å². The molecular formula is C26H49NO8. The van der Waals surface area contributed by atoms with Crippen LogP contribution in [0.25, 0.3) is 0 Å². The first-order valence-electron chi connectivity index (χ1n) is 13.1. The van der Waals surface area contributed by atoms with Crippen LogP contribution >= 0.6 is 0 Å². The highest BCUT2D eigenvalue weighted by Gasteiger charge is 2.26. The second-order valence-corrected chi connectivity index (χ2v) is 8.74. The number of hydrogen-bond donors (Lipinski definition) is 6. The van der Waals surface area contributed by atoms with Crippen molar-refractivity contribution in [1.29, 1.82) is 0 Å². The van der Waals surface area contributed by atoms with E-state index in [9.17, 15) is 14.4 Å². The third-order valence-electron chi connectivity index (χ3n) is 5.37. The van der Waals surface area contributed by atoms with Gasteiger partial charge in [-0.15, -0.1) is 0 Å². The third kappa shape index (κ3) is 28.2. The first kappa shape index (κ1) is 35.2. The summed E-state index contributed by atoms with van der Waals surface area (Å²) in [5.41, 5.74) is 0. The van der Waals surface area contributed by atoms with E-state index in [0.717, 1.165) is 12.8 Å². The first-order valence-corrected chi connectivity index (χ1v) is 13.1. The Labute approximate surface area is 210 Å². The summed E-state index contributed by atoms with van der Waals surface area (Å²) >= 11 is 0. The Morgan fingerprint density at radius 2 is 1.37 bits per heavy atom. The zero-order valence-corrected chi connectivity index (χ0v) is 21.5. The number of aliphatic hydroxyl groups excluding tert-OH is 3. The van der Waals surface area contributed by atoms with E-state index in [0.29, 0.717) is 19.3 Å². The molecule has 0 aliphatic carbocycles. The number of allylic oxidation sites excluding steroid dienone is 2. The lowest BCUT2D eigenvalue weighted by atomic mass is 10.1. The molecule has 1 fully saturated rings. The minimum Gasteiger partial charge on any atom is -0.481 e. The molecule has 1 heterocycles. The molecule has 1 saturated heterocycles. The Hall–Kier alpha value is -1.97. The van der Waals surface area contributed by atoms with E-state index < -0.39 is 24.1 Å². The van der Waals surface area contributed by atoms with E-state index in [4.69, 9.17) is 25.5 Å². The van der Waals surface area contributed by atoms with Gasteiger partial charge in [0.2, 0.25) is 5.91 Å². The molecule has 0 aromatic carbocycles. The number of hydrogen-bond acceptors (Lipinski definition) is 6. The van der Waals surface area contributed by atoms with Crippen molar-refractivity contribution < 1.29 is 39.9 Å². The summed E-state index contributed by atoms with van der Waals surface area (Å²) in [4.78, 5) is 30.8. The summed E-state index contributed by atoms with van der Waals surface area (Å²) in [7, 11) is 0. The molecule has 1 unspecified atom stereocenters. The largest absolute Gasteiger partial charge is 0.481 e. The molecule has 6 N–H and O–H groups in total. The maximum absolute atomic E-state index is 10.4. The summed E-state index contributed by atoms with van der Waals surface area (Å²) in [5, 5.41) is 43.2. The number of carboxylic acid groups (broad SMARTS) is 2. The van der Waals surface area contributed by atoms with Crippen LogP contribution in [0.5, 0.6) is 0 Å². The van der Waals surface area contributed by atoms with Crippen molar-refractivity contribution in [2.75, 3.05) is 13.2 Å². The average molecular weight is 504 g/mol. The van der Waals surface area contributed by atoms with Crippen molar-refractivity contribution in [1.82, 2.24) is 5.32 Å². The minimum atomic E-state index is -0.954. The number of carboxylic acids is 2. The zero-order chi connectivity index (χ0) is 26.7. The minimum absolute atomic E-state index is 0.164. The van der Waals surface area contributed by atoms with E-state index in [1.165, 1.54) is 70.6 Å². The molecule has 0 aromatic rings. The number of nitrogens with one attached hydrogen (secondary N) is 1. The summed E-state index contributed by atoms with van der Waals surface area (Å²) in [6, 6.07) is -0.641. The maximum Gasteiger partial charge on any atom is 0.326 e. The standard InChI is InChI=1S/C18H34O2.C5H7NO3.C3H8O3/c1-2-3-4-5-6-7-8-9-10-11-12-13-14-15-16-17-18(19)20;7-4-2-1-3(6-4)5(8)9;4-1-3(6)2-5/h9-10H,2-8,11-17H2,1H3,(H,19,20);3H,1-2H2,(H,6,7)(H,8,9);3-6H,1-2H2/b10-9-;;. The summed E-state index contributed by atoms with van der Waals surface area (Å²) in [6.07, 6.45) is 21.1. The van der Waals surface area contributed by atoms with Crippen LogP contribution in [0.1, 0.15) is 110 Å². The highest BCUT2D eigenvalue weighted by atomic mass is 16.4. The fourth-order valence-corrected chi connectivity index (χ4v) is 3.20. The molecule has 0 saturated carbocycles. The van der Waals surface area contributed by atoms with Gasteiger partial charge in [-0.1, -0.05) is 70.4 Å². The summed E-state index contributed by atoms with van der Waals surface area (Å²) < 4.78 is 0. The number of carbonyl (C=O) groups excluding carboxylic acids is 1. The van der Waals surface area contributed by atoms with E-state index in [2.05, 4.69) is 24.4 Å². The normalized spacial score (nSPS) is 14.8. The highest BCUT2D eigenvalue weighted by Crippen LogP contribution is 2.10. The van der Waals surface area contributed by atoms with Crippen LogP contribution in [0.3, 0.4) is 0 Å². The van der Waals surface area contributed by atoms with Gasteiger partial charge in [0.25, 0.3) is 0 Å². The smallest absolute Gasteiger partial charge is 0.326 e. The van der Waals surface area contributed by atoms with Gasteiger partial charge in [0.15, 0.2) is 0 Å². The van der Waals surface area contributed by atoms with Gasteiger partial charge < -0.3 is 30.8 Å². The van der Waals surface area contributed by atoms with Crippen molar-refractivity contribution in [2.24, 2.45) is 0 Å². The Morgan fingerprint density at radius 3 is 1.71 bits per heavy atom. The molecule has 9 nitrogen and oxygen atoms in total. The van der Waals surface area contributed by atoms with Crippen LogP contribution in [0.15, 0.2) is 12.2 Å². The molecule has 0 bridgehead atoms. The molecule has 1 rings (SSSR count). The van der Waals surface area contributed by atoms with Crippen molar-refractivity contribution in [3.05, 3.63) is 12.2 Å².